The van der Waals surface area contributed by atoms with Crippen LogP contribution in [0.15, 0.2) is 42.5 Å². The number of ether oxygens (including phenoxy) is 1. The number of benzene rings is 2. The van der Waals surface area contributed by atoms with E-state index in [0.29, 0.717) is 24.7 Å². The van der Waals surface area contributed by atoms with E-state index in [1.54, 1.807) is 11.0 Å². The van der Waals surface area contributed by atoms with Crippen LogP contribution in [0.5, 0.6) is 5.75 Å². The van der Waals surface area contributed by atoms with Crippen LogP contribution < -0.4 is 10.1 Å². The number of nitro benzene ring substituents is 1. The van der Waals surface area contributed by atoms with E-state index in [9.17, 15) is 19.3 Å². The third-order valence-corrected chi connectivity index (χ3v) is 4.51. The topological polar surface area (TPSA) is 84.7 Å². The van der Waals surface area contributed by atoms with Gasteiger partial charge < -0.3 is 15.0 Å². The van der Waals surface area contributed by atoms with Gasteiger partial charge >= 0.3 is 5.69 Å². The molecule has 9 heteroatoms. The first-order valence-electron chi connectivity index (χ1n) is 8.28. The van der Waals surface area contributed by atoms with Crippen molar-refractivity contribution in [3.05, 3.63) is 69.0 Å². The highest BCUT2D eigenvalue weighted by atomic mass is 35.5. The zero-order valence-electron chi connectivity index (χ0n) is 14.2. The maximum Gasteiger partial charge on any atom is 0.305 e. The molecule has 0 aliphatic carbocycles. The predicted octanol–water partition coefficient (Wildman–Crippen LogP) is 2.94. The van der Waals surface area contributed by atoms with Crippen LogP contribution in [0.1, 0.15) is 11.6 Å². The van der Waals surface area contributed by atoms with Crippen molar-refractivity contribution >= 4 is 23.2 Å². The fraction of sp³-hybridized carbons (Fsp3) is 0.278. The van der Waals surface area contributed by atoms with Gasteiger partial charge in [-0.1, -0.05) is 23.7 Å². The van der Waals surface area contributed by atoms with E-state index >= 15 is 0 Å². The quantitative estimate of drug-likeness (QED) is 0.623. The third kappa shape index (κ3) is 4.53. The van der Waals surface area contributed by atoms with E-state index in [-0.39, 0.29) is 24.3 Å². The number of nitro groups is 1. The first-order chi connectivity index (χ1) is 13.0. The molecule has 0 radical (unpaired) electrons. The van der Waals surface area contributed by atoms with E-state index in [4.69, 9.17) is 16.3 Å². The van der Waals surface area contributed by atoms with Crippen LogP contribution in [-0.4, -0.2) is 42.0 Å². The second-order valence-corrected chi connectivity index (χ2v) is 6.46. The Kier molecular flexibility index (Phi) is 5.88. The molecule has 27 heavy (non-hydrogen) atoms. The Balaban J connectivity index is 1.69. The van der Waals surface area contributed by atoms with Gasteiger partial charge in [0.2, 0.25) is 5.82 Å². The molecular weight excluding hydrogens is 377 g/mol. The molecule has 1 saturated heterocycles. The minimum Gasteiger partial charge on any atom is -0.484 e. The highest BCUT2D eigenvalue weighted by Gasteiger charge is 2.28. The molecule has 1 aliphatic heterocycles. The van der Waals surface area contributed by atoms with Gasteiger partial charge in [-0.05, 0) is 23.8 Å². The van der Waals surface area contributed by atoms with Crippen molar-refractivity contribution in [2.45, 2.75) is 6.04 Å². The number of halogens is 2. The molecule has 1 amide bonds. The zero-order chi connectivity index (χ0) is 19.4. The Bertz CT molecular complexity index is 864. The minimum absolute atomic E-state index is 0.0564. The van der Waals surface area contributed by atoms with Crippen molar-refractivity contribution in [1.29, 1.82) is 0 Å². The molecule has 0 spiro atoms. The summed E-state index contributed by atoms with van der Waals surface area (Å²) in [6.07, 6.45) is 0. The molecule has 1 fully saturated rings. The number of nitrogens with one attached hydrogen (secondary N) is 1. The molecule has 2 aromatic carbocycles. The first-order valence-corrected chi connectivity index (χ1v) is 8.66. The fourth-order valence-corrected chi connectivity index (χ4v) is 3.17. The highest BCUT2D eigenvalue weighted by Crippen LogP contribution is 2.26. The summed E-state index contributed by atoms with van der Waals surface area (Å²) >= 11 is 6.05. The van der Waals surface area contributed by atoms with Crippen LogP contribution in [0.25, 0.3) is 0 Å². The minimum atomic E-state index is -1.01. The molecule has 1 heterocycles. The van der Waals surface area contributed by atoms with E-state index in [2.05, 4.69) is 5.32 Å². The molecule has 142 valence electrons. The van der Waals surface area contributed by atoms with Crippen molar-refractivity contribution in [3.63, 3.8) is 0 Å². The van der Waals surface area contributed by atoms with Crippen LogP contribution >= 0.6 is 11.6 Å². The average molecular weight is 394 g/mol. The lowest BCUT2D eigenvalue weighted by Gasteiger charge is -2.36. The van der Waals surface area contributed by atoms with Crippen molar-refractivity contribution in [3.8, 4) is 5.75 Å². The molecular formula is C18H17ClFN3O4. The normalized spacial score (nSPS) is 16.8. The summed E-state index contributed by atoms with van der Waals surface area (Å²) in [5.41, 5.74) is 0.265. The standard InChI is InChI=1S/C18H17ClFN3O4/c19-13-3-1-2-12(8-13)17-10-21-6-7-22(17)18(24)11-27-14-4-5-16(23(25)26)15(20)9-14/h1-5,8-9,17,21H,6-7,10-11H2. The lowest BCUT2D eigenvalue weighted by atomic mass is 10.0. The summed E-state index contributed by atoms with van der Waals surface area (Å²) in [6, 6.07) is 10.3. The maximum atomic E-state index is 13.7. The van der Waals surface area contributed by atoms with Gasteiger partial charge in [-0.3, -0.25) is 14.9 Å². The van der Waals surface area contributed by atoms with Gasteiger partial charge in [0.1, 0.15) is 5.75 Å². The monoisotopic (exact) mass is 393 g/mol. The molecule has 2 aromatic rings. The SMILES string of the molecule is O=C(COc1ccc([N+](=O)[O-])c(F)c1)N1CCNCC1c1cccc(Cl)c1. The summed E-state index contributed by atoms with van der Waals surface area (Å²) in [5.74, 6) is -1.22. The number of hydrogen-bond acceptors (Lipinski definition) is 5. The molecule has 1 aliphatic rings. The smallest absolute Gasteiger partial charge is 0.305 e. The molecule has 0 bridgehead atoms. The van der Waals surface area contributed by atoms with Crippen molar-refractivity contribution < 1.29 is 18.8 Å². The van der Waals surface area contributed by atoms with Crippen LogP contribution in [0.2, 0.25) is 5.02 Å². The number of carbonyl (C=O) groups excluding carboxylic acids is 1. The average Bonchev–Trinajstić information content (AvgIpc) is 2.66. The summed E-state index contributed by atoms with van der Waals surface area (Å²) in [6.45, 7) is 1.43. The van der Waals surface area contributed by atoms with Gasteiger partial charge in [-0.2, -0.15) is 4.39 Å². The number of rotatable bonds is 5. The van der Waals surface area contributed by atoms with Gasteiger partial charge in [-0.15, -0.1) is 0 Å². The number of amides is 1. The Morgan fingerprint density at radius 1 is 1.37 bits per heavy atom. The molecule has 3 rings (SSSR count). The van der Waals surface area contributed by atoms with Gasteiger partial charge in [0.05, 0.1) is 11.0 Å². The fourth-order valence-electron chi connectivity index (χ4n) is 2.97. The Morgan fingerprint density at radius 3 is 2.89 bits per heavy atom. The lowest BCUT2D eigenvalue weighted by molar-refractivity contribution is -0.387. The first kappa shape index (κ1) is 19.1. The number of nitrogens with zero attached hydrogens (tertiary/aromatic N) is 2. The molecule has 0 saturated carbocycles. The van der Waals surface area contributed by atoms with E-state index in [0.717, 1.165) is 17.7 Å². The zero-order valence-corrected chi connectivity index (χ0v) is 15.0. The Morgan fingerprint density at radius 2 is 2.19 bits per heavy atom. The Hall–Kier alpha value is -2.71. The molecule has 0 aromatic heterocycles. The molecule has 1 N–H and O–H groups in total. The van der Waals surface area contributed by atoms with Crippen LogP contribution in [0.4, 0.5) is 10.1 Å². The summed E-state index contributed by atoms with van der Waals surface area (Å²) < 4.78 is 19.0. The van der Waals surface area contributed by atoms with E-state index in [1.807, 2.05) is 18.2 Å². The predicted molar refractivity (Wildman–Crippen MR) is 97.3 cm³/mol. The van der Waals surface area contributed by atoms with Crippen molar-refractivity contribution in [2.75, 3.05) is 26.2 Å². The van der Waals surface area contributed by atoms with Gasteiger partial charge in [-0.25, -0.2) is 0 Å². The molecule has 7 nitrogen and oxygen atoms in total. The Labute approximate surface area is 159 Å². The van der Waals surface area contributed by atoms with Gasteiger partial charge in [0, 0.05) is 36.8 Å². The molecule has 1 atom stereocenters. The number of carbonyl (C=O) groups is 1. The van der Waals surface area contributed by atoms with Crippen LogP contribution in [0.3, 0.4) is 0 Å². The lowest BCUT2D eigenvalue weighted by Crippen LogP contribution is -2.50. The highest BCUT2D eigenvalue weighted by molar-refractivity contribution is 6.30. The third-order valence-electron chi connectivity index (χ3n) is 4.28. The van der Waals surface area contributed by atoms with Gasteiger partial charge in [0.25, 0.3) is 5.91 Å². The van der Waals surface area contributed by atoms with E-state index in [1.165, 1.54) is 6.07 Å². The largest absolute Gasteiger partial charge is 0.484 e. The maximum absolute atomic E-state index is 13.7. The second kappa shape index (κ2) is 8.32. The second-order valence-electron chi connectivity index (χ2n) is 6.02. The van der Waals surface area contributed by atoms with Crippen molar-refractivity contribution in [2.24, 2.45) is 0 Å². The number of piperazine rings is 1. The number of hydrogen-bond donors (Lipinski definition) is 1. The summed E-state index contributed by atoms with van der Waals surface area (Å²) in [7, 11) is 0. The summed E-state index contributed by atoms with van der Waals surface area (Å²) in [5, 5.41) is 14.5. The van der Waals surface area contributed by atoms with Crippen LogP contribution in [0, 0.1) is 15.9 Å². The van der Waals surface area contributed by atoms with Crippen molar-refractivity contribution in [1.82, 2.24) is 10.2 Å². The summed E-state index contributed by atoms with van der Waals surface area (Å²) in [4.78, 5) is 24.2. The van der Waals surface area contributed by atoms with E-state index < -0.39 is 16.4 Å². The van der Waals surface area contributed by atoms with Crippen LogP contribution in [-0.2, 0) is 4.79 Å². The molecule has 1 unspecified atom stereocenters. The van der Waals surface area contributed by atoms with Gasteiger partial charge in [0.15, 0.2) is 6.61 Å².